The summed E-state index contributed by atoms with van der Waals surface area (Å²) in [5.74, 6) is 0. The van der Waals surface area contributed by atoms with Crippen molar-refractivity contribution in [2.45, 2.75) is 19.3 Å². The van der Waals surface area contributed by atoms with Crippen molar-refractivity contribution in [3.63, 3.8) is 0 Å². The highest BCUT2D eigenvalue weighted by Crippen LogP contribution is 2.54. The minimum Gasteiger partial charge on any atom is -0.344 e. The average molecular weight is 373 g/mol. The Balaban J connectivity index is 1.73. The monoisotopic (exact) mass is 373 g/mol. The van der Waals surface area contributed by atoms with Crippen molar-refractivity contribution in [2.24, 2.45) is 0 Å². The van der Waals surface area contributed by atoms with E-state index in [2.05, 4.69) is 111 Å². The first kappa shape index (κ1) is 16.6. The zero-order valence-corrected chi connectivity index (χ0v) is 17.0. The summed E-state index contributed by atoms with van der Waals surface area (Å²) in [7, 11) is 2.20. The molecule has 0 aromatic heterocycles. The van der Waals surface area contributed by atoms with Gasteiger partial charge in [-0.25, -0.2) is 0 Å². The van der Waals surface area contributed by atoms with E-state index >= 15 is 0 Å². The number of nitrogens with zero attached hydrogens (tertiary/aromatic N) is 1. The smallest absolute Gasteiger partial charge is 0.0494 e. The van der Waals surface area contributed by atoms with Crippen LogP contribution < -0.4 is 4.90 Å². The molecule has 0 fully saturated rings. The van der Waals surface area contributed by atoms with Gasteiger partial charge in [0, 0.05) is 35.0 Å². The molecule has 0 saturated heterocycles. The number of fused-ring (bicyclic) bond motifs is 8. The van der Waals surface area contributed by atoms with Crippen LogP contribution in [-0.4, -0.2) is 7.05 Å². The van der Waals surface area contributed by atoms with Gasteiger partial charge in [0.1, 0.15) is 0 Å². The van der Waals surface area contributed by atoms with E-state index in [9.17, 15) is 0 Å². The third-order valence-corrected chi connectivity index (χ3v) is 6.83. The topological polar surface area (TPSA) is 3.24 Å². The summed E-state index contributed by atoms with van der Waals surface area (Å²) >= 11 is 0. The Kier molecular flexibility index (Phi) is 3.21. The zero-order valence-electron chi connectivity index (χ0n) is 17.0. The van der Waals surface area contributed by atoms with Crippen molar-refractivity contribution in [1.29, 1.82) is 0 Å². The van der Waals surface area contributed by atoms with E-state index in [1.807, 2.05) is 0 Å². The molecule has 0 radical (unpaired) electrons. The van der Waals surface area contributed by atoms with Crippen LogP contribution in [0.3, 0.4) is 0 Å². The molecule has 0 unspecified atom stereocenters. The summed E-state index contributed by atoms with van der Waals surface area (Å²) in [5, 5.41) is 0. The van der Waals surface area contributed by atoms with E-state index < -0.39 is 0 Å². The number of rotatable bonds is 0. The van der Waals surface area contributed by atoms with Gasteiger partial charge in [0.2, 0.25) is 0 Å². The second-order valence-corrected chi connectivity index (χ2v) is 8.71. The zero-order chi connectivity index (χ0) is 19.8. The lowest BCUT2D eigenvalue weighted by molar-refractivity contribution is 0.660. The molecule has 1 heteroatoms. The molecule has 0 N–H and O–H groups in total. The molecule has 29 heavy (non-hydrogen) atoms. The first-order valence-electron chi connectivity index (χ1n) is 10.3. The van der Waals surface area contributed by atoms with Crippen molar-refractivity contribution >= 4 is 11.4 Å². The van der Waals surface area contributed by atoms with Crippen LogP contribution in [0.4, 0.5) is 11.4 Å². The summed E-state index contributed by atoms with van der Waals surface area (Å²) in [6.07, 6.45) is 0. The molecule has 0 amide bonds. The molecule has 0 atom stereocenters. The first-order valence-corrected chi connectivity index (χ1v) is 10.3. The van der Waals surface area contributed by atoms with Gasteiger partial charge in [0.05, 0.1) is 0 Å². The van der Waals surface area contributed by atoms with Crippen LogP contribution in [0.25, 0.3) is 33.4 Å². The molecule has 1 aliphatic carbocycles. The van der Waals surface area contributed by atoms with E-state index in [0.717, 1.165) is 0 Å². The number of para-hydroxylation sites is 1. The van der Waals surface area contributed by atoms with Crippen molar-refractivity contribution in [1.82, 2.24) is 0 Å². The van der Waals surface area contributed by atoms with Crippen LogP contribution in [0.5, 0.6) is 0 Å². The van der Waals surface area contributed by atoms with Gasteiger partial charge in [-0.15, -0.1) is 0 Å². The molecule has 1 aliphatic heterocycles. The third kappa shape index (κ3) is 2.10. The van der Waals surface area contributed by atoms with Gasteiger partial charge in [-0.2, -0.15) is 0 Å². The maximum absolute atomic E-state index is 2.45. The number of anilines is 2. The number of benzene rings is 4. The normalized spacial score (nSPS) is 14.9. The van der Waals surface area contributed by atoms with E-state index in [4.69, 9.17) is 0 Å². The largest absolute Gasteiger partial charge is 0.344 e. The van der Waals surface area contributed by atoms with Crippen LogP contribution in [-0.2, 0) is 5.41 Å². The van der Waals surface area contributed by atoms with E-state index in [0.29, 0.717) is 0 Å². The van der Waals surface area contributed by atoms with E-state index in [1.165, 1.54) is 55.9 Å². The molecule has 4 aromatic carbocycles. The van der Waals surface area contributed by atoms with Gasteiger partial charge < -0.3 is 4.90 Å². The van der Waals surface area contributed by atoms with Crippen LogP contribution >= 0.6 is 0 Å². The summed E-state index contributed by atoms with van der Waals surface area (Å²) in [6.45, 7) is 4.70. The Morgan fingerprint density at radius 2 is 1.10 bits per heavy atom. The number of hydrogen-bond acceptors (Lipinski definition) is 1. The van der Waals surface area contributed by atoms with E-state index in [-0.39, 0.29) is 5.41 Å². The Bertz CT molecular complexity index is 1300. The van der Waals surface area contributed by atoms with Crippen LogP contribution in [0.1, 0.15) is 25.0 Å². The molecule has 0 spiro atoms. The quantitative estimate of drug-likeness (QED) is 0.310. The second-order valence-electron chi connectivity index (χ2n) is 8.71. The maximum atomic E-state index is 2.45. The lowest BCUT2D eigenvalue weighted by atomic mass is 9.81. The number of hydrogen-bond donors (Lipinski definition) is 0. The minimum absolute atomic E-state index is 0.00757. The predicted molar refractivity (Wildman–Crippen MR) is 123 cm³/mol. The van der Waals surface area contributed by atoms with Gasteiger partial charge in [0.25, 0.3) is 0 Å². The van der Waals surface area contributed by atoms with Crippen molar-refractivity contribution in [3.05, 3.63) is 96.1 Å². The van der Waals surface area contributed by atoms with Gasteiger partial charge in [0.15, 0.2) is 0 Å². The van der Waals surface area contributed by atoms with Crippen LogP contribution in [0.15, 0.2) is 84.9 Å². The fraction of sp³-hybridized carbons (Fsp3) is 0.143. The minimum atomic E-state index is 0.00757. The average Bonchev–Trinajstić information content (AvgIpc) is 2.92. The highest BCUT2D eigenvalue weighted by atomic mass is 15.1. The van der Waals surface area contributed by atoms with E-state index in [1.54, 1.807) is 0 Å². The molecule has 6 rings (SSSR count). The van der Waals surface area contributed by atoms with Crippen molar-refractivity contribution < 1.29 is 0 Å². The Morgan fingerprint density at radius 1 is 0.517 bits per heavy atom. The highest BCUT2D eigenvalue weighted by molar-refractivity contribution is 6.01. The maximum Gasteiger partial charge on any atom is 0.0494 e. The SMILES string of the molecule is CN1c2ccccc2-c2ccccc2-c2cc3c(cc21)-c1ccccc1C3(C)C. The summed E-state index contributed by atoms with van der Waals surface area (Å²) in [6, 6.07) is 31.3. The summed E-state index contributed by atoms with van der Waals surface area (Å²) in [5.41, 5.74) is 13.4. The fourth-order valence-corrected chi connectivity index (χ4v) is 5.31. The molecule has 4 aromatic rings. The molecule has 2 aliphatic rings. The molecule has 0 bridgehead atoms. The van der Waals surface area contributed by atoms with Gasteiger partial charge in [-0.1, -0.05) is 80.6 Å². The standard InChI is InChI=1S/C28H23N/c1-28(2)24-14-8-6-12-20(24)22-17-27-23(16-25(22)28)19-11-5-4-10-18(19)21-13-7-9-15-26(21)29(27)3/h4-17H,1-3H3. The van der Waals surface area contributed by atoms with Crippen molar-refractivity contribution in [3.8, 4) is 33.4 Å². The molecular formula is C28H23N. The summed E-state index contributed by atoms with van der Waals surface area (Å²) in [4.78, 5) is 2.36. The molecule has 1 nitrogen and oxygen atoms in total. The fourth-order valence-electron chi connectivity index (χ4n) is 5.31. The molecule has 0 saturated carbocycles. The summed E-state index contributed by atoms with van der Waals surface area (Å²) < 4.78 is 0. The Labute approximate surface area is 172 Å². The third-order valence-electron chi connectivity index (χ3n) is 6.83. The van der Waals surface area contributed by atoms with Gasteiger partial charge in [-0.05, 0) is 51.6 Å². The van der Waals surface area contributed by atoms with Crippen LogP contribution in [0, 0.1) is 0 Å². The highest BCUT2D eigenvalue weighted by Gasteiger charge is 2.37. The lowest BCUT2D eigenvalue weighted by Crippen LogP contribution is -2.16. The van der Waals surface area contributed by atoms with Gasteiger partial charge >= 0.3 is 0 Å². The Morgan fingerprint density at radius 3 is 1.86 bits per heavy atom. The van der Waals surface area contributed by atoms with Gasteiger partial charge in [-0.3, -0.25) is 0 Å². The van der Waals surface area contributed by atoms with Crippen molar-refractivity contribution in [2.75, 3.05) is 11.9 Å². The first-order chi connectivity index (χ1) is 14.1. The van der Waals surface area contributed by atoms with Crippen LogP contribution in [0.2, 0.25) is 0 Å². The molecular weight excluding hydrogens is 350 g/mol. The lowest BCUT2D eigenvalue weighted by Gasteiger charge is -2.25. The second kappa shape index (κ2) is 5.61. The Hall–Kier alpha value is -3.32. The predicted octanol–water partition coefficient (Wildman–Crippen LogP) is 7.41. The molecule has 140 valence electrons. The molecule has 1 heterocycles.